The molecule has 0 bridgehead atoms. The molecule has 1 aliphatic heterocycles. The maximum absolute atomic E-state index is 13.0. The fourth-order valence-corrected chi connectivity index (χ4v) is 4.59. The highest BCUT2D eigenvalue weighted by Crippen LogP contribution is 2.22. The first-order valence-corrected chi connectivity index (χ1v) is 11.3. The molecular formula is C26H32N4O2. The lowest BCUT2D eigenvalue weighted by atomic mass is 10.1. The van der Waals surface area contributed by atoms with Crippen LogP contribution in [0.5, 0.6) is 0 Å². The number of amides is 1. The van der Waals surface area contributed by atoms with E-state index in [0.717, 1.165) is 28.7 Å². The number of aryl methyl sites for hydroxylation is 5. The Morgan fingerprint density at radius 3 is 2.53 bits per heavy atom. The van der Waals surface area contributed by atoms with E-state index in [-0.39, 0.29) is 17.5 Å². The van der Waals surface area contributed by atoms with E-state index in [2.05, 4.69) is 48.0 Å². The van der Waals surface area contributed by atoms with Crippen molar-refractivity contribution in [2.45, 2.75) is 53.6 Å². The fourth-order valence-electron chi connectivity index (χ4n) is 4.59. The Kier molecular flexibility index (Phi) is 6.04. The van der Waals surface area contributed by atoms with Gasteiger partial charge in [-0.3, -0.25) is 9.59 Å². The van der Waals surface area contributed by atoms with Crippen LogP contribution in [0.25, 0.3) is 11.0 Å². The minimum Gasteiger partial charge on any atom is -0.365 e. The van der Waals surface area contributed by atoms with Crippen LogP contribution in [0, 0.1) is 27.7 Å². The molecule has 4 rings (SSSR count). The van der Waals surface area contributed by atoms with Crippen LogP contribution >= 0.6 is 0 Å². The van der Waals surface area contributed by atoms with Gasteiger partial charge in [-0.15, -0.1) is 0 Å². The van der Waals surface area contributed by atoms with Gasteiger partial charge in [0.1, 0.15) is 5.69 Å². The molecule has 1 saturated heterocycles. The highest BCUT2D eigenvalue weighted by Gasteiger charge is 2.27. The Morgan fingerprint density at radius 1 is 1.06 bits per heavy atom. The highest BCUT2D eigenvalue weighted by molar-refractivity contribution is 5.79. The largest absolute Gasteiger partial charge is 0.365 e. The number of carbonyl (C=O) groups excluding carboxylic acids is 1. The summed E-state index contributed by atoms with van der Waals surface area (Å²) < 4.78 is 1.72. The van der Waals surface area contributed by atoms with Crippen molar-refractivity contribution in [2.75, 3.05) is 24.5 Å². The van der Waals surface area contributed by atoms with Gasteiger partial charge >= 0.3 is 0 Å². The van der Waals surface area contributed by atoms with Crippen molar-refractivity contribution in [1.82, 2.24) is 14.5 Å². The van der Waals surface area contributed by atoms with Crippen molar-refractivity contribution in [3.8, 4) is 0 Å². The molecule has 1 amide bonds. The van der Waals surface area contributed by atoms with Crippen molar-refractivity contribution in [3.05, 3.63) is 69.1 Å². The van der Waals surface area contributed by atoms with E-state index < -0.39 is 0 Å². The summed E-state index contributed by atoms with van der Waals surface area (Å²) in [6, 6.07) is 12.8. The summed E-state index contributed by atoms with van der Waals surface area (Å²) >= 11 is 0. The maximum Gasteiger partial charge on any atom is 0.272 e. The number of carbonyl (C=O) groups is 1. The molecule has 1 fully saturated rings. The van der Waals surface area contributed by atoms with Crippen LogP contribution in [0.3, 0.4) is 0 Å². The van der Waals surface area contributed by atoms with Gasteiger partial charge in [0.25, 0.3) is 5.56 Å². The molecule has 2 heterocycles. The third-order valence-electron chi connectivity index (χ3n) is 6.59. The molecule has 6 heteroatoms. The van der Waals surface area contributed by atoms with Gasteiger partial charge in [-0.05, 0) is 75.6 Å². The standard InChI is InChI=1S/C26H32N4O2/c1-17-7-6-8-22(13-17)29-12-11-28(16-20(29)4)25(31)9-10-30-24-15-19(3)18(2)14-23(24)27-21(5)26(30)32/h6-8,13-15,20H,9-12,16H2,1-5H3. The van der Waals surface area contributed by atoms with Gasteiger partial charge in [0.15, 0.2) is 0 Å². The minimum absolute atomic E-state index is 0.0964. The summed E-state index contributed by atoms with van der Waals surface area (Å²) in [5.41, 5.74) is 6.66. The molecule has 6 nitrogen and oxygen atoms in total. The zero-order chi connectivity index (χ0) is 23.0. The molecule has 168 valence electrons. The number of anilines is 1. The van der Waals surface area contributed by atoms with E-state index in [1.807, 2.05) is 30.9 Å². The summed E-state index contributed by atoms with van der Waals surface area (Å²) in [7, 11) is 0. The number of nitrogens with zero attached hydrogens (tertiary/aromatic N) is 4. The molecule has 0 radical (unpaired) electrons. The molecule has 1 aromatic heterocycles. The Hall–Kier alpha value is -3.15. The van der Waals surface area contributed by atoms with Crippen LogP contribution in [-0.4, -0.2) is 46.0 Å². The Labute approximate surface area is 189 Å². The summed E-state index contributed by atoms with van der Waals surface area (Å²) in [4.78, 5) is 34.6. The molecule has 0 spiro atoms. The first kappa shape index (κ1) is 22.1. The Morgan fingerprint density at radius 2 is 1.81 bits per heavy atom. The van der Waals surface area contributed by atoms with Crippen molar-refractivity contribution in [1.29, 1.82) is 0 Å². The highest BCUT2D eigenvalue weighted by atomic mass is 16.2. The smallest absolute Gasteiger partial charge is 0.272 e. The summed E-state index contributed by atoms with van der Waals surface area (Å²) in [6.07, 6.45) is 0.308. The quantitative estimate of drug-likeness (QED) is 0.630. The lowest BCUT2D eigenvalue weighted by molar-refractivity contribution is -0.132. The number of benzene rings is 2. The number of hydrogen-bond donors (Lipinski definition) is 0. The van der Waals surface area contributed by atoms with Gasteiger partial charge in [-0.25, -0.2) is 4.98 Å². The van der Waals surface area contributed by atoms with Crippen LogP contribution in [0.4, 0.5) is 5.69 Å². The molecular weight excluding hydrogens is 400 g/mol. The van der Waals surface area contributed by atoms with Crippen LogP contribution in [0.15, 0.2) is 41.2 Å². The second-order valence-corrected chi connectivity index (χ2v) is 9.05. The zero-order valence-electron chi connectivity index (χ0n) is 19.7. The summed E-state index contributed by atoms with van der Waals surface area (Å²) in [5, 5.41) is 0. The van der Waals surface area contributed by atoms with Gasteiger partial charge < -0.3 is 14.4 Å². The van der Waals surface area contributed by atoms with Crippen molar-refractivity contribution in [3.63, 3.8) is 0 Å². The van der Waals surface area contributed by atoms with Crippen molar-refractivity contribution in [2.24, 2.45) is 0 Å². The average molecular weight is 433 g/mol. The Bertz CT molecular complexity index is 1230. The van der Waals surface area contributed by atoms with E-state index in [4.69, 9.17) is 0 Å². The number of hydrogen-bond acceptors (Lipinski definition) is 4. The molecule has 0 aliphatic carbocycles. The van der Waals surface area contributed by atoms with E-state index in [1.54, 1.807) is 11.5 Å². The molecule has 1 unspecified atom stereocenters. The average Bonchev–Trinajstić information content (AvgIpc) is 2.75. The predicted molar refractivity (Wildman–Crippen MR) is 129 cm³/mol. The minimum atomic E-state index is -0.119. The van der Waals surface area contributed by atoms with Crippen LogP contribution in [0.2, 0.25) is 0 Å². The summed E-state index contributed by atoms with van der Waals surface area (Å²) in [6.45, 7) is 12.6. The van der Waals surface area contributed by atoms with Crippen molar-refractivity contribution < 1.29 is 4.79 Å². The van der Waals surface area contributed by atoms with Gasteiger partial charge in [0.2, 0.25) is 5.91 Å². The van der Waals surface area contributed by atoms with E-state index in [9.17, 15) is 9.59 Å². The fraction of sp³-hybridized carbons (Fsp3) is 0.423. The van der Waals surface area contributed by atoms with Gasteiger partial charge in [0, 0.05) is 44.3 Å². The summed E-state index contributed by atoms with van der Waals surface area (Å²) in [5.74, 6) is 0.0964. The van der Waals surface area contributed by atoms with E-state index in [1.165, 1.54) is 11.3 Å². The monoisotopic (exact) mass is 432 g/mol. The lowest BCUT2D eigenvalue weighted by Crippen LogP contribution is -2.54. The van der Waals surface area contributed by atoms with E-state index in [0.29, 0.717) is 31.7 Å². The molecule has 3 aromatic rings. The zero-order valence-corrected chi connectivity index (χ0v) is 19.7. The SMILES string of the molecule is Cc1cccc(N2CCN(C(=O)CCn3c(=O)c(C)nc4cc(C)c(C)cc43)CC2C)c1. The number of piperazine rings is 1. The second kappa shape index (κ2) is 8.77. The topological polar surface area (TPSA) is 58.4 Å². The van der Waals surface area contributed by atoms with Gasteiger partial charge in [-0.2, -0.15) is 0 Å². The molecule has 0 saturated carbocycles. The molecule has 0 N–H and O–H groups in total. The van der Waals surface area contributed by atoms with Crippen LogP contribution < -0.4 is 10.5 Å². The predicted octanol–water partition coefficient (Wildman–Crippen LogP) is 3.76. The third-order valence-corrected chi connectivity index (χ3v) is 6.59. The van der Waals surface area contributed by atoms with Gasteiger partial charge in [0.05, 0.1) is 11.0 Å². The van der Waals surface area contributed by atoms with Gasteiger partial charge in [-0.1, -0.05) is 12.1 Å². The number of rotatable bonds is 4. The molecule has 32 heavy (non-hydrogen) atoms. The maximum atomic E-state index is 13.0. The Balaban J connectivity index is 1.48. The van der Waals surface area contributed by atoms with E-state index >= 15 is 0 Å². The number of fused-ring (bicyclic) bond motifs is 1. The second-order valence-electron chi connectivity index (χ2n) is 9.05. The first-order valence-electron chi connectivity index (χ1n) is 11.3. The van der Waals surface area contributed by atoms with Crippen molar-refractivity contribution >= 4 is 22.6 Å². The van der Waals surface area contributed by atoms with Crippen LogP contribution in [0.1, 0.15) is 35.7 Å². The van der Waals surface area contributed by atoms with Crippen LogP contribution in [-0.2, 0) is 11.3 Å². The molecule has 1 aliphatic rings. The third kappa shape index (κ3) is 4.27. The molecule has 2 aromatic carbocycles. The first-order chi connectivity index (χ1) is 15.2. The normalized spacial score (nSPS) is 16.6. The lowest BCUT2D eigenvalue weighted by Gasteiger charge is -2.41. The molecule has 1 atom stereocenters. The number of aromatic nitrogens is 2.